The molecule has 0 unspecified atom stereocenters. The van der Waals surface area contributed by atoms with E-state index < -0.39 is 0 Å². The number of hydrogen-bond acceptors (Lipinski definition) is 2. The summed E-state index contributed by atoms with van der Waals surface area (Å²) in [5.41, 5.74) is 1.98. The lowest BCUT2D eigenvalue weighted by molar-refractivity contribution is 0.171. The highest BCUT2D eigenvalue weighted by Crippen LogP contribution is 2.12. The highest BCUT2D eigenvalue weighted by molar-refractivity contribution is 5.75. The van der Waals surface area contributed by atoms with Gasteiger partial charge in [-0.05, 0) is 19.1 Å². The van der Waals surface area contributed by atoms with Crippen LogP contribution in [0.5, 0.6) is 0 Å². The molecule has 0 spiro atoms. The fourth-order valence-electron chi connectivity index (χ4n) is 1.35. The minimum Gasteiger partial charge on any atom is -0.415 e. The molecule has 1 aromatic heterocycles. The van der Waals surface area contributed by atoms with E-state index in [1.807, 2.05) is 31.2 Å². The maximum absolute atomic E-state index is 5.15. The van der Waals surface area contributed by atoms with Crippen LogP contribution in [-0.4, -0.2) is 16.8 Å². The molecule has 0 atom stereocenters. The summed E-state index contributed by atoms with van der Waals surface area (Å²) >= 11 is 0. The number of fused-ring (bicyclic) bond motifs is 1. The molecular weight excluding hydrogens is 152 g/mol. The van der Waals surface area contributed by atoms with Crippen molar-refractivity contribution in [2.45, 2.75) is 6.92 Å². The summed E-state index contributed by atoms with van der Waals surface area (Å²) in [7, 11) is 1.64. The molecule has 0 amide bonds. The van der Waals surface area contributed by atoms with Crippen molar-refractivity contribution >= 4 is 11.0 Å². The van der Waals surface area contributed by atoms with Gasteiger partial charge in [0.15, 0.2) is 0 Å². The average Bonchev–Trinajstić information content (AvgIpc) is 2.40. The van der Waals surface area contributed by atoms with E-state index in [2.05, 4.69) is 4.98 Å². The summed E-state index contributed by atoms with van der Waals surface area (Å²) in [6.07, 6.45) is 0. The van der Waals surface area contributed by atoms with E-state index in [0.717, 1.165) is 16.9 Å². The smallest absolute Gasteiger partial charge is 0.143 e. The van der Waals surface area contributed by atoms with E-state index in [-0.39, 0.29) is 0 Å². The number of aromatic nitrogens is 2. The summed E-state index contributed by atoms with van der Waals surface area (Å²) in [6.45, 7) is 1.92. The number of aryl methyl sites for hydroxylation is 1. The molecule has 3 heteroatoms. The van der Waals surface area contributed by atoms with Crippen LogP contribution in [0, 0.1) is 6.92 Å². The van der Waals surface area contributed by atoms with Crippen molar-refractivity contribution in [1.29, 1.82) is 0 Å². The molecule has 0 radical (unpaired) electrons. The van der Waals surface area contributed by atoms with Gasteiger partial charge < -0.3 is 4.84 Å². The second-order valence-electron chi connectivity index (χ2n) is 2.62. The van der Waals surface area contributed by atoms with Crippen molar-refractivity contribution in [1.82, 2.24) is 9.71 Å². The monoisotopic (exact) mass is 162 g/mol. The Bertz CT molecular complexity index is 406. The predicted octanol–water partition coefficient (Wildman–Crippen LogP) is 1.40. The van der Waals surface area contributed by atoms with Gasteiger partial charge in [-0.15, -0.1) is 0 Å². The quantitative estimate of drug-likeness (QED) is 0.633. The largest absolute Gasteiger partial charge is 0.415 e. The Morgan fingerprint density at radius 3 is 2.83 bits per heavy atom. The van der Waals surface area contributed by atoms with Gasteiger partial charge in [0.2, 0.25) is 0 Å². The Kier molecular flexibility index (Phi) is 1.50. The predicted molar refractivity (Wildman–Crippen MR) is 47.0 cm³/mol. The lowest BCUT2D eigenvalue weighted by Crippen LogP contribution is -2.06. The van der Waals surface area contributed by atoms with E-state index in [9.17, 15) is 0 Å². The van der Waals surface area contributed by atoms with Crippen LogP contribution in [-0.2, 0) is 0 Å². The van der Waals surface area contributed by atoms with E-state index >= 15 is 0 Å². The second kappa shape index (κ2) is 2.52. The Labute approximate surface area is 70.5 Å². The minimum absolute atomic E-state index is 0.874. The number of imidazole rings is 1. The van der Waals surface area contributed by atoms with Gasteiger partial charge in [0.25, 0.3) is 0 Å². The number of benzene rings is 1. The first-order chi connectivity index (χ1) is 5.83. The van der Waals surface area contributed by atoms with Gasteiger partial charge >= 0.3 is 0 Å². The van der Waals surface area contributed by atoms with Crippen LogP contribution in [0.25, 0.3) is 11.0 Å². The van der Waals surface area contributed by atoms with Gasteiger partial charge in [-0.1, -0.05) is 12.1 Å². The van der Waals surface area contributed by atoms with Crippen LogP contribution < -0.4 is 4.84 Å². The summed E-state index contributed by atoms with van der Waals surface area (Å²) in [5.74, 6) is 0.874. The van der Waals surface area contributed by atoms with Crippen LogP contribution in [0.2, 0.25) is 0 Å². The summed E-state index contributed by atoms with van der Waals surface area (Å²) in [5, 5.41) is 0. The number of para-hydroxylation sites is 2. The number of nitrogens with zero attached hydrogens (tertiary/aromatic N) is 2. The maximum Gasteiger partial charge on any atom is 0.143 e. The van der Waals surface area contributed by atoms with Crippen molar-refractivity contribution < 1.29 is 4.84 Å². The topological polar surface area (TPSA) is 27.1 Å². The lowest BCUT2D eigenvalue weighted by atomic mass is 10.3. The fourth-order valence-corrected chi connectivity index (χ4v) is 1.35. The maximum atomic E-state index is 5.15. The van der Waals surface area contributed by atoms with E-state index in [1.54, 1.807) is 11.8 Å². The molecule has 0 fully saturated rings. The Morgan fingerprint density at radius 2 is 2.08 bits per heavy atom. The van der Waals surface area contributed by atoms with Crippen molar-refractivity contribution in [3.63, 3.8) is 0 Å². The van der Waals surface area contributed by atoms with E-state index in [4.69, 9.17) is 4.84 Å². The normalized spacial score (nSPS) is 10.5. The molecule has 62 valence electrons. The molecule has 0 aliphatic rings. The SMILES string of the molecule is COn1c(C)nc2ccccc21. The summed E-state index contributed by atoms with van der Waals surface area (Å²) in [6, 6.07) is 7.89. The highest BCUT2D eigenvalue weighted by atomic mass is 16.6. The first kappa shape index (κ1) is 7.16. The second-order valence-corrected chi connectivity index (χ2v) is 2.62. The first-order valence-corrected chi connectivity index (χ1v) is 3.81. The summed E-state index contributed by atoms with van der Waals surface area (Å²) < 4.78 is 1.72. The summed E-state index contributed by atoms with van der Waals surface area (Å²) in [4.78, 5) is 9.47. The number of rotatable bonds is 1. The van der Waals surface area contributed by atoms with Crippen molar-refractivity contribution in [3.8, 4) is 0 Å². The molecule has 12 heavy (non-hydrogen) atoms. The molecule has 0 aliphatic heterocycles. The molecule has 1 aromatic carbocycles. The highest BCUT2D eigenvalue weighted by Gasteiger charge is 2.04. The Morgan fingerprint density at radius 1 is 1.33 bits per heavy atom. The standard InChI is InChI=1S/C9H10N2O/c1-7-10-8-5-3-4-6-9(8)11(7)12-2/h3-6H,1-2H3. The van der Waals surface area contributed by atoms with Gasteiger partial charge in [-0.2, -0.15) is 4.73 Å². The zero-order chi connectivity index (χ0) is 8.55. The Hall–Kier alpha value is -1.51. The molecule has 0 N–H and O–H groups in total. The van der Waals surface area contributed by atoms with Gasteiger partial charge in [-0.3, -0.25) is 0 Å². The van der Waals surface area contributed by atoms with Crippen LogP contribution >= 0.6 is 0 Å². The van der Waals surface area contributed by atoms with Crippen LogP contribution in [0.3, 0.4) is 0 Å². The van der Waals surface area contributed by atoms with Gasteiger partial charge in [0.1, 0.15) is 18.5 Å². The van der Waals surface area contributed by atoms with Crippen molar-refractivity contribution in [2.75, 3.05) is 7.11 Å². The molecule has 0 bridgehead atoms. The van der Waals surface area contributed by atoms with Crippen molar-refractivity contribution in [2.24, 2.45) is 0 Å². The molecule has 0 saturated heterocycles. The average molecular weight is 162 g/mol. The molecule has 0 aliphatic carbocycles. The van der Waals surface area contributed by atoms with Gasteiger partial charge in [0, 0.05) is 0 Å². The number of hydrogen-bond donors (Lipinski definition) is 0. The molecule has 1 heterocycles. The van der Waals surface area contributed by atoms with Crippen LogP contribution in [0.4, 0.5) is 0 Å². The molecular formula is C9H10N2O. The Balaban J connectivity index is 2.81. The third-order valence-electron chi connectivity index (χ3n) is 1.86. The van der Waals surface area contributed by atoms with Crippen LogP contribution in [0.1, 0.15) is 5.82 Å². The zero-order valence-electron chi connectivity index (χ0n) is 7.11. The first-order valence-electron chi connectivity index (χ1n) is 3.81. The zero-order valence-corrected chi connectivity index (χ0v) is 7.11. The third-order valence-corrected chi connectivity index (χ3v) is 1.86. The molecule has 2 rings (SSSR count). The van der Waals surface area contributed by atoms with Gasteiger partial charge in [-0.25, -0.2) is 4.98 Å². The molecule has 2 aromatic rings. The lowest BCUT2D eigenvalue weighted by Gasteiger charge is -2.01. The molecule has 3 nitrogen and oxygen atoms in total. The van der Waals surface area contributed by atoms with Crippen LogP contribution in [0.15, 0.2) is 24.3 Å². The third kappa shape index (κ3) is 0.863. The van der Waals surface area contributed by atoms with Crippen molar-refractivity contribution in [3.05, 3.63) is 30.1 Å². The van der Waals surface area contributed by atoms with Gasteiger partial charge in [0.05, 0.1) is 5.52 Å². The fraction of sp³-hybridized carbons (Fsp3) is 0.222. The molecule has 0 saturated carbocycles. The minimum atomic E-state index is 0.874. The van der Waals surface area contributed by atoms with E-state index in [1.165, 1.54) is 0 Å². The van der Waals surface area contributed by atoms with E-state index in [0.29, 0.717) is 0 Å².